The predicted molar refractivity (Wildman–Crippen MR) is 87.6 cm³/mol. The Bertz CT molecular complexity index is 632. The van der Waals surface area contributed by atoms with Crippen LogP contribution in [0.1, 0.15) is 43.9 Å². The number of hydrogen-bond donors (Lipinski definition) is 1. The molecule has 22 heavy (non-hydrogen) atoms. The van der Waals surface area contributed by atoms with Crippen molar-refractivity contribution in [3.05, 3.63) is 59.7 Å². The third kappa shape index (κ3) is 3.55. The molecule has 2 aromatic rings. The first-order valence-electron chi connectivity index (χ1n) is 7.58. The van der Waals surface area contributed by atoms with Crippen molar-refractivity contribution < 1.29 is 14.6 Å². The molecule has 3 heteroatoms. The first kappa shape index (κ1) is 16.2. The van der Waals surface area contributed by atoms with E-state index in [1.165, 1.54) is 5.56 Å². The molecular weight excluding hydrogens is 276 g/mol. The van der Waals surface area contributed by atoms with Gasteiger partial charge in [0.15, 0.2) is 6.10 Å². The van der Waals surface area contributed by atoms with E-state index in [1.54, 1.807) is 13.0 Å². The van der Waals surface area contributed by atoms with Gasteiger partial charge in [-0.1, -0.05) is 56.3 Å². The van der Waals surface area contributed by atoms with Crippen molar-refractivity contribution in [2.45, 2.75) is 32.8 Å². The van der Waals surface area contributed by atoms with Gasteiger partial charge in [-0.3, -0.25) is 0 Å². The van der Waals surface area contributed by atoms with E-state index in [1.807, 2.05) is 42.5 Å². The van der Waals surface area contributed by atoms with Gasteiger partial charge in [-0.05, 0) is 41.2 Å². The summed E-state index contributed by atoms with van der Waals surface area (Å²) in [5.41, 5.74) is 3.85. The Morgan fingerprint density at radius 1 is 1.14 bits per heavy atom. The first-order chi connectivity index (χ1) is 10.5. The molecule has 0 amide bonds. The largest absolute Gasteiger partial charge is 0.464 e. The van der Waals surface area contributed by atoms with E-state index >= 15 is 0 Å². The number of rotatable bonds is 5. The number of carbonyl (C=O) groups is 1. The van der Waals surface area contributed by atoms with E-state index < -0.39 is 12.1 Å². The Morgan fingerprint density at radius 2 is 1.82 bits per heavy atom. The Hall–Kier alpha value is -2.13. The van der Waals surface area contributed by atoms with Crippen LogP contribution < -0.4 is 0 Å². The molecule has 1 N–H and O–H groups in total. The normalized spacial score (nSPS) is 12.2. The van der Waals surface area contributed by atoms with Crippen LogP contribution in [0.3, 0.4) is 0 Å². The van der Waals surface area contributed by atoms with E-state index in [-0.39, 0.29) is 6.61 Å². The van der Waals surface area contributed by atoms with Crippen molar-refractivity contribution in [2.24, 2.45) is 0 Å². The molecule has 0 radical (unpaired) electrons. The van der Waals surface area contributed by atoms with Crippen molar-refractivity contribution in [1.29, 1.82) is 0 Å². The van der Waals surface area contributed by atoms with Crippen LogP contribution in [-0.2, 0) is 9.53 Å². The molecular formula is C19H22O3. The molecule has 2 aromatic carbocycles. The minimum atomic E-state index is -1.25. The maximum absolute atomic E-state index is 11.7. The summed E-state index contributed by atoms with van der Waals surface area (Å²) in [7, 11) is 0. The summed E-state index contributed by atoms with van der Waals surface area (Å²) in [5, 5.41) is 10.1. The number of ether oxygens (including phenoxy) is 1. The zero-order chi connectivity index (χ0) is 16.1. The quantitative estimate of drug-likeness (QED) is 0.846. The van der Waals surface area contributed by atoms with Crippen LogP contribution in [0.4, 0.5) is 0 Å². The molecule has 0 heterocycles. The van der Waals surface area contributed by atoms with Crippen LogP contribution in [0.25, 0.3) is 11.1 Å². The van der Waals surface area contributed by atoms with Crippen LogP contribution in [-0.4, -0.2) is 17.7 Å². The highest BCUT2D eigenvalue weighted by atomic mass is 16.5. The zero-order valence-electron chi connectivity index (χ0n) is 13.2. The lowest BCUT2D eigenvalue weighted by molar-refractivity contribution is -0.153. The summed E-state index contributed by atoms with van der Waals surface area (Å²) in [5.74, 6) is -0.261. The second-order valence-corrected chi connectivity index (χ2v) is 5.52. The monoisotopic (exact) mass is 298 g/mol. The van der Waals surface area contributed by atoms with E-state index in [4.69, 9.17) is 4.74 Å². The zero-order valence-corrected chi connectivity index (χ0v) is 13.2. The summed E-state index contributed by atoms with van der Waals surface area (Å²) in [6.45, 7) is 6.24. The van der Waals surface area contributed by atoms with Crippen molar-refractivity contribution >= 4 is 5.97 Å². The van der Waals surface area contributed by atoms with Gasteiger partial charge in [-0.25, -0.2) is 4.79 Å². The van der Waals surface area contributed by atoms with Gasteiger partial charge in [0, 0.05) is 0 Å². The van der Waals surface area contributed by atoms with E-state index in [2.05, 4.69) is 13.8 Å². The number of aliphatic hydroxyl groups excluding tert-OH is 1. The second kappa shape index (κ2) is 7.23. The molecule has 0 fully saturated rings. The highest BCUT2D eigenvalue weighted by Crippen LogP contribution is 2.32. The van der Waals surface area contributed by atoms with Crippen molar-refractivity contribution in [3.8, 4) is 11.1 Å². The number of aliphatic hydroxyl groups is 1. The summed E-state index contributed by atoms with van der Waals surface area (Å²) in [6, 6.07) is 15.6. The number of hydrogen-bond acceptors (Lipinski definition) is 3. The number of esters is 1. The molecule has 116 valence electrons. The molecule has 0 aromatic heterocycles. The topological polar surface area (TPSA) is 46.5 Å². The second-order valence-electron chi connectivity index (χ2n) is 5.52. The van der Waals surface area contributed by atoms with Gasteiger partial charge >= 0.3 is 5.97 Å². The lowest BCUT2D eigenvalue weighted by Crippen LogP contribution is -2.15. The summed E-state index contributed by atoms with van der Waals surface area (Å²) < 4.78 is 4.89. The third-order valence-corrected chi connectivity index (χ3v) is 3.61. The predicted octanol–water partition coefficient (Wildman–Crippen LogP) is 4.07. The van der Waals surface area contributed by atoms with Gasteiger partial charge in [-0.15, -0.1) is 0 Å². The maximum atomic E-state index is 11.7. The number of carbonyl (C=O) groups excluding carboxylic acids is 1. The van der Waals surface area contributed by atoms with Crippen molar-refractivity contribution in [2.75, 3.05) is 6.61 Å². The molecule has 0 bridgehead atoms. The van der Waals surface area contributed by atoms with Gasteiger partial charge in [0.25, 0.3) is 0 Å². The SMILES string of the molecule is CCOC(=O)C(O)c1ccc(C(C)C)c(-c2ccccc2)c1. The molecule has 0 spiro atoms. The molecule has 1 atom stereocenters. The van der Waals surface area contributed by atoms with Crippen molar-refractivity contribution in [1.82, 2.24) is 0 Å². The minimum Gasteiger partial charge on any atom is -0.464 e. The molecule has 3 nitrogen and oxygen atoms in total. The Balaban J connectivity index is 2.46. The molecule has 2 rings (SSSR count). The van der Waals surface area contributed by atoms with Crippen molar-refractivity contribution in [3.63, 3.8) is 0 Å². The smallest absolute Gasteiger partial charge is 0.339 e. The van der Waals surface area contributed by atoms with Gasteiger partial charge < -0.3 is 9.84 Å². The fourth-order valence-electron chi connectivity index (χ4n) is 2.47. The first-order valence-corrected chi connectivity index (χ1v) is 7.58. The Labute approximate surface area is 131 Å². The number of benzene rings is 2. The molecule has 0 aliphatic rings. The minimum absolute atomic E-state index is 0.255. The molecule has 0 saturated carbocycles. The average molecular weight is 298 g/mol. The van der Waals surface area contributed by atoms with E-state index in [0.29, 0.717) is 11.5 Å². The van der Waals surface area contributed by atoms with Crippen LogP contribution in [0.2, 0.25) is 0 Å². The summed E-state index contributed by atoms with van der Waals surface area (Å²) in [4.78, 5) is 11.7. The summed E-state index contributed by atoms with van der Waals surface area (Å²) >= 11 is 0. The molecule has 0 saturated heterocycles. The highest BCUT2D eigenvalue weighted by Gasteiger charge is 2.20. The van der Waals surface area contributed by atoms with Crippen LogP contribution in [0.5, 0.6) is 0 Å². The van der Waals surface area contributed by atoms with Gasteiger partial charge in [-0.2, -0.15) is 0 Å². The molecule has 0 aliphatic carbocycles. The average Bonchev–Trinajstić information content (AvgIpc) is 2.54. The van der Waals surface area contributed by atoms with Gasteiger partial charge in [0.2, 0.25) is 0 Å². The lowest BCUT2D eigenvalue weighted by atomic mass is 9.90. The highest BCUT2D eigenvalue weighted by molar-refractivity contribution is 5.78. The van der Waals surface area contributed by atoms with Crippen LogP contribution >= 0.6 is 0 Å². The lowest BCUT2D eigenvalue weighted by Gasteiger charge is -2.17. The standard InChI is InChI=1S/C19H22O3/c1-4-22-19(21)18(20)15-10-11-16(13(2)3)17(12-15)14-8-6-5-7-9-14/h5-13,18,20H,4H2,1-3H3. The molecule has 0 aliphatic heterocycles. The molecule has 1 unspecified atom stereocenters. The van der Waals surface area contributed by atoms with E-state index in [9.17, 15) is 9.90 Å². The van der Waals surface area contributed by atoms with Gasteiger partial charge in [0.05, 0.1) is 6.61 Å². The Kier molecular flexibility index (Phi) is 5.34. The fourth-order valence-corrected chi connectivity index (χ4v) is 2.47. The van der Waals surface area contributed by atoms with E-state index in [0.717, 1.165) is 11.1 Å². The third-order valence-electron chi connectivity index (χ3n) is 3.61. The van der Waals surface area contributed by atoms with Gasteiger partial charge in [0.1, 0.15) is 0 Å². The van der Waals surface area contributed by atoms with Crippen LogP contribution in [0.15, 0.2) is 48.5 Å². The van der Waals surface area contributed by atoms with Crippen LogP contribution in [0, 0.1) is 0 Å². The maximum Gasteiger partial charge on any atom is 0.339 e. The Morgan fingerprint density at radius 3 is 2.41 bits per heavy atom. The fraction of sp³-hybridized carbons (Fsp3) is 0.316. The summed E-state index contributed by atoms with van der Waals surface area (Å²) in [6.07, 6.45) is -1.25.